The smallest absolute Gasteiger partial charge is 0.0914 e. The van der Waals surface area contributed by atoms with Crippen molar-refractivity contribution in [2.75, 3.05) is 0 Å². The maximum Gasteiger partial charge on any atom is 0.0914 e. The average Bonchev–Trinajstić information content (AvgIpc) is 2.16. The predicted molar refractivity (Wildman–Crippen MR) is 68.8 cm³/mol. The average molecular weight is 217 g/mol. The van der Waals surface area contributed by atoms with Crippen LogP contribution in [-0.4, -0.2) is 0 Å². The fraction of sp³-hybridized carbons (Fsp3) is 0.667. The molecule has 0 N–H and O–H groups in total. The summed E-state index contributed by atoms with van der Waals surface area (Å²) < 4.78 is 0. The molecule has 0 heterocycles. The Morgan fingerprint density at radius 3 is 2.69 bits per heavy atom. The van der Waals surface area contributed by atoms with Gasteiger partial charge in [0.2, 0.25) is 0 Å². The second kappa shape index (κ2) is 5.34. The molecule has 0 aromatic carbocycles. The molecule has 0 aromatic rings. The molecular formula is C15H23N. The molecule has 16 heavy (non-hydrogen) atoms. The summed E-state index contributed by atoms with van der Waals surface area (Å²) >= 11 is 0. The zero-order valence-electron chi connectivity index (χ0n) is 11.0. The summed E-state index contributed by atoms with van der Waals surface area (Å²) in [4.78, 5) is 0. The van der Waals surface area contributed by atoms with Crippen LogP contribution in [0.2, 0.25) is 0 Å². The van der Waals surface area contributed by atoms with Gasteiger partial charge in [0, 0.05) is 6.08 Å². The maximum absolute atomic E-state index is 8.57. The van der Waals surface area contributed by atoms with Gasteiger partial charge in [-0.15, -0.1) is 0 Å². The van der Waals surface area contributed by atoms with E-state index in [2.05, 4.69) is 39.0 Å². The van der Waals surface area contributed by atoms with Crippen molar-refractivity contribution in [2.24, 2.45) is 17.3 Å². The molecule has 0 radical (unpaired) electrons. The van der Waals surface area contributed by atoms with Gasteiger partial charge in [-0.2, -0.15) is 5.26 Å². The minimum atomic E-state index is 0.404. The summed E-state index contributed by atoms with van der Waals surface area (Å²) in [5, 5.41) is 8.57. The molecule has 1 fully saturated rings. The fourth-order valence-corrected chi connectivity index (χ4v) is 2.85. The highest BCUT2D eigenvalue weighted by Crippen LogP contribution is 2.44. The molecule has 0 amide bonds. The molecule has 2 unspecified atom stereocenters. The van der Waals surface area contributed by atoms with Crippen molar-refractivity contribution in [3.63, 3.8) is 0 Å². The molecule has 0 aliphatic heterocycles. The first-order chi connectivity index (χ1) is 7.47. The number of allylic oxidation sites excluding steroid dienone is 4. The first-order valence-electron chi connectivity index (χ1n) is 6.22. The Bertz CT molecular complexity index is 328. The normalized spacial score (nSPS) is 30.3. The number of nitrogens with zero attached hydrogens (tertiary/aromatic N) is 1. The van der Waals surface area contributed by atoms with E-state index in [0.717, 1.165) is 11.5 Å². The lowest BCUT2D eigenvalue weighted by Gasteiger charge is -2.41. The van der Waals surface area contributed by atoms with Gasteiger partial charge >= 0.3 is 0 Å². The van der Waals surface area contributed by atoms with Crippen molar-refractivity contribution in [1.29, 1.82) is 5.26 Å². The highest BCUT2D eigenvalue weighted by molar-refractivity contribution is 5.23. The zero-order chi connectivity index (χ0) is 12.2. The van der Waals surface area contributed by atoms with Gasteiger partial charge < -0.3 is 0 Å². The van der Waals surface area contributed by atoms with E-state index in [0.29, 0.717) is 11.3 Å². The van der Waals surface area contributed by atoms with E-state index in [1.807, 2.05) is 6.92 Å². The van der Waals surface area contributed by atoms with E-state index in [1.165, 1.54) is 19.3 Å². The largest absolute Gasteiger partial charge is 0.193 e. The molecule has 0 aromatic heterocycles. The van der Waals surface area contributed by atoms with Crippen LogP contribution in [0.3, 0.4) is 0 Å². The summed E-state index contributed by atoms with van der Waals surface area (Å²) in [5.74, 6) is 1.40. The fourth-order valence-electron chi connectivity index (χ4n) is 2.85. The van der Waals surface area contributed by atoms with Gasteiger partial charge in [-0.25, -0.2) is 0 Å². The van der Waals surface area contributed by atoms with Crippen LogP contribution < -0.4 is 0 Å². The molecule has 88 valence electrons. The summed E-state index contributed by atoms with van der Waals surface area (Å²) in [6.07, 6.45) is 10.0. The second-order valence-corrected chi connectivity index (χ2v) is 5.76. The third-order valence-electron chi connectivity index (χ3n) is 3.85. The number of rotatable bonds is 2. The topological polar surface area (TPSA) is 23.8 Å². The molecule has 1 saturated carbocycles. The first kappa shape index (κ1) is 13.0. The van der Waals surface area contributed by atoms with Crippen molar-refractivity contribution >= 4 is 0 Å². The highest BCUT2D eigenvalue weighted by atomic mass is 14.4. The molecule has 1 aliphatic rings. The lowest BCUT2D eigenvalue weighted by molar-refractivity contribution is 0.123. The van der Waals surface area contributed by atoms with Crippen molar-refractivity contribution in [3.05, 3.63) is 23.8 Å². The van der Waals surface area contributed by atoms with E-state index in [-0.39, 0.29) is 0 Å². The van der Waals surface area contributed by atoms with Crippen LogP contribution in [0.4, 0.5) is 0 Å². The SMILES string of the molecule is CC(/C=C/C1C(C)CCCC1(C)C)=C\C#N. The number of hydrogen-bond donors (Lipinski definition) is 0. The Balaban J connectivity index is 2.77. The molecule has 1 nitrogen and oxygen atoms in total. The Hall–Kier alpha value is -1.03. The van der Waals surface area contributed by atoms with Crippen molar-refractivity contribution in [2.45, 2.75) is 47.0 Å². The molecular weight excluding hydrogens is 194 g/mol. The van der Waals surface area contributed by atoms with Crippen molar-refractivity contribution in [3.8, 4) is 6.07 Å². The van der Waals surface area contributed by atoms with Crippen LogP contribution >= 0.6 is 0 Å². The summed E-state index contributed by atoms with van der Waals surface area (Å²) in [5.41, 5.74) is 1.46. The van der Waals surface area contributed by atoms with Gasteiger partial charge in [0.25, 0.3) is 0 Å². The van der Waals surface area contributed by atoms with Crippen molar-refractivity contribution in [1.82, 2.24) is 0 Å². The Morgan fingerprint density at radius 2 is 2.12 bits per heavy atom. The summed E-state index contributed by atoms with van der Waals surface area (Å²) in [6, 6.07) is 2.07. The van der Waals surface area contributed by atoms with E-state index in [9.17, 15) is 0 Å². The zero-order valence-corrected chi connectivity index (χ0v) is 11.0. The quantitative estimate of drug-likeness (QED) is 0.494. The lowest BCUT2D eigenvalue weighted by Crippen LogP contribution is -2.32. The number of nitriles is 1. The van der Waals surface area contributed by atoms with Crippen LogP contribution in [-0.2, 0) is 0 Å². The number of hydrogen-bond acceptors (Lipinski definition) is 1. The van der Waals surface area contributed by atoms with E-state index >= 15 is 0 Å². The summed E-state index contributed by atoms with van der Waals surface area (Å²) in [6.45, 7) is 9.06. The van der Waals surface area contributed by atoms with Crippen LogP contribution in [0, 0.1) is 28.6 Å². The van der Waals surface area contributed by atoms with Gasteiger partial charge in [0.15, 0.2) is 0 Å². The van der Waals surface area contributed by atoms with Gasteiger partial charge in [-0.1, -0.05) is 45.8 Å². The molecule has 0 bridgehead atoms. The van der Waals surface area contributed by atoms with Gasteiger partial charge in [-0.3, -0.25) is 0 Å². The highest BCUT2D eigenvalue weighted by Gasteiger charge is 2.34. The minimum Gasteiger partial charge on any atom is -0.193 e. The first-order valence-corrected chi connectivity index (χ1v) is 6.22. The Morgan fingerprint density at radius 1 is 1.44 bits per heavy atom. The van der Waals surface area contributed by atoms with E-state index in [1.54, 1.807) is 6.08 Å². The Kier molecular flexibility index (Phi) is 4.35. The van der Waals surface area contributed by atoms with Gasteiger partial charge in [-0.05, 0) is 36.2 Å². The van der Waals surface area contributed by atoms with E-state index in [4.69, 9.17) is 5.26 Å². The van der Waals surface area contributed by atoms with Crippen LogP contribution in [0.1, 0.15) is 47.0 Å². The molecule has 1 rings (SSSR count). The standard InChI is InChI=1S/C15H23N/c1-12(9-11-16)7-8-14-13(2)6-5-10-15(14,3)4/h7-9,13-14H,5-6,10H2,1-4H3/b8-7+,12-9+. The van der Waals surface area contributed by atoms with Crippen LogP contribution in [0.25, 0.3) is 0 Å². The van der Waals surface area contributed by atoms with E-state index < -0.39 is 0 Å². The van der Waals surface area contributed by atoms with Gasteiger partial charge in [0.05, 0.1) is 6.07 Å². The van der Waals surface area contributed by atoms with Crippen LogP contribution in [0.5, 0.6) is 0 Å². The monoisotopic (exact) mass is 217 g/mol. The third-order valence-corrected chi connectivity index (χ3v) is 3.85. The molecule has 1 aliphatic carbocycles. The van der Waals surface area contributed by atoms with Crippen molar-refractivity contribution < 1.29 is 0 Å². The lowest BCUT2D eigenvalue weighted by atomic mass is 9.64. The molecule has 2 atom stereocenters. The maximum atomic E-state index is 8.57. The van der Waals surface area contributed by atoms with Gasteiger partial charge in [0.1, 0.15) is 0 Å². The summed E-state index contributed by atoms with van der Waals surface area (Å²) in [7, 11) is 0. The van der Waals surface area contributed by atoms with Crippen LogP contribution in [0.15, 0.2) is 23.8 Å². The molecule has 0 spiro atoms. The Labute approximate surface area is 99.9 Å². The molecule has 0 saturated heterocycles. The second-order valence-electron chi connectivity index (χ2n) is 5.76. The predicted octanol–water partition coefficient (Wildman–Crippen LogP) is 4.47. The third kappa shape index (κ3) is 3.23. The minimum absolute atomic E-state index is 0.404. The molecule has 1 heteroatoms.